The Hall–Kier alpha value is -2.28. The number of hydrogen-bond acceptors (Lipinski definition) is 4. The molecule has 24 heavy (non-hydrogen) atoms. The summed E-state index contributed by atoms with van der Waals surface area (Å²) in [5, 5.41) is 9.52. The molecular formula is C17H23N3O4. The van der Waals surface area contributed by atoms with Crippen molar-refractivity contribution in [2.75, 3.05) is 44.7 Å². The second-order valence-electron chi connectivity index (χ2n) is 6.14. The summed E-state index contributed by atoms with van der Waals surface area (Å²) in [5.74, 6) is 0.584. The number of carbonyl (C=O) groups is 2. The molecule has 0 bridgehead atoms. The van der Waals surface area contributed by atoms with Crippen LogP contribution >= 0.6 is 0 Å². The Balaban J connectivity index is 1.63. The predicted octanol–water partition coefficient (Wildman–Crippen LogP) is 0.920. The van der Waals surface area contributed by atoms with Crippen LogP contribution in [-0.4, -0.2) is 72.8 Å². The fourth-order valence-corrected chi connectivity index (χ4v) is 3.18. The number of aliphatic hydroxyl groups is 1. The number of methoxy groups -OCH3 is 1. The van der Waals surface area contributed by atoms with Crippen LogP contribution in [0, 0.1) is 0 Å². The van der Waals surface area contributed by atoms with Crippen molar-refractivity contribution in [2.24, 2.45) is 0 Å². The molecule has 0 aromatic heterocycles. The zero-order valence-electron chi connectivity index (χ0n) is 13.9. The smallest absolute Gasteiger partial charge is 0.325 e. The first kappa shape index (κ1) is 16.6. The number of likely N-dealkylation sites (tertiary alicyclic amines) is 1. The van der Waals surface area contributed by atoms with Gasteiger partial charge in [-0.25, -0.2) is 4.79 Å². The monoisotopic (exact) mass is 333 g/mol. The van der Waals surface area contributed by atoms with E-state index in [9.17, 15) is 14.7 Å². The van der Waals surface area contributed by atoms with Crippen molar-refractivity contribution < 1.29 is 19.4 Å². The molecule has 2 aliphatic rings. The largest absolute Gasteiger partial charge is 0.495 e. The molecule has 0 spiro atoms. The summed E-state index contributed by atoms with van der Waals surface area (Å²) in [5.41, 5.74) is 0.723. The number of urea groups is 1. The van der Waals surface area contributed by atoms with Crippen molar-refractivity contribution in [3.05, 3.63) is 24.3 Å². The van der Waals surface area contributed by atoms with Gasteiger partial charge in [0.1, 0.15) is 12.3 Å². The van der Waals surface area contributed by atoms with Gasteiger partial charge in [-0.05, 0) is 25.0 Å². The highest BCUT2D eigenvalue weighted by Gasteiger charge is 2.33. The van der Waals surface area contributed by atoms with Crippen molar-refractivity contribution in [2.45, 2.75) is 18.9 Å². The van der Waals surface area contributed by atoms with Crippen molar-refractivity contribution in [1.82, 2.24) is 9.80 Å². The van der Waals surface area contributed by atoms with E-state index in [1.807, 2.05) is 24.3 Å². The van der Waals surface area contributed by atoms with Crippen LogP contribution in [0.5, 0.6) is 5.75 Å². The molecule has 2 heterocycles. The molecule has 0 aliphatic carbocycles. The fourth-order valence-electron chi connectivity index (χ4n) is 3.18. The molecule has 0 saturated carbocycles. The van der Waals surface area contributed by atoms with Crippen LogP contribution in [0.3, 0.4) is 0 Å². The fraction of sp³-hybridized carbons (Fsp3) is 0.529. The Kier molecular flexibility index (Phi) is 4.89. The highest BCUT2D eigenvalue weighted by molar-refractivity contribution is 5.97. The lowest BCUT2D eigenvalue weighted by Gasteiger charge is -2.31. The molecule has 7 nitrogen and oxygen atoms in total. The van der Waals surface area contributed by atoms with E-state index in [1.54, 1.807) is 21.8 Å². The quantitative estimate of drug-likeness (QED) is 0.889. The van der Waals surface area contributed by atoms with Crippen LogP contribution in [0.1, 0.15) is 12.8 Å². The molecule has 1 N–H and O–H groups in total. The maximum Gasteiger partial charge on any atom is 0.325 e. The number of piperidine rings is 1. The van der Waals surface area contributed by atoms with E-state index in [2.05, 4.69) is 0 Å². The van der Waals surface area contributed by atoms with Gasteiger partial charge in [-0.3, -0.25) is 9.69 Å². The Bertz CT molecular complexity index is 614. The van der Waals surface area contributed by atoms with Gasteiger partial charge in [0.25, 0.3) is 0 Å². The first-order valence-corrected chi connectivity index (χ1v) is 8.25. The number of amides is 3. The van der Waals surface area contributed by atoms with Crippen LogP contribution in [-0.2, 0) is 4.79 Å². The molecule has 0 atom stereocenters. The molecule has 1 aromatic carbocycles. The predicted molar refractivity (Wildman–Crippen MR) is 89.1 cm³/mol. The number of rotatable bonds is 4. The zero-order valence-corrected chi connectivity index (χ0v) is 13.9. The SMILES string of the molecule is COc1ccccc1N1CCN(CC(=O)N2CCC(O)CC2)C1=O. The first-order valence-electron chi connectivity index (χ1n) is 8.25. The third kappa shape index (κ3) is 3.31. The summed E-state index contributed by atoms with van der Waals surface area (Å²) < 4.78 is 5.32. The lowest BCUT2D eigenvalue weighted by molar-refractivity contribution is -0.133. The summed E-state index contributed by atoms with van der Waals surface area (Å²) >= 11 is 0. The average molecular weight is 333 g/mol. The summed E-state index contributed by atoms with van der Waals surface area (Å²) in [6.07, 6.45) is 0.892. The number of carbonyl (C=O) groups excluding carboxylic acids is 2. The van der Waals surface area contributed by atoms with Crippen molar-refractivity contribution in [3.8, 4) is 5.75 Å². The summed E-state index contributed by atoms with van der Waals surface area (Å²) in [6.45, 7) is 2.24. The molecular weight excluding hydrogens is 310 g/mol. The van der Waals surface area contributed by atoms with Gasteiger partial charge in [-0.1, -0.05) is 12.1 Å². The second-order valence-corrected chi connectivity index (χ2v) is 6.14. The minimum absolute atomic E-state index is 0.0582. The topological polar surface area (TPSA) is 73.3 Å². The van der Waals surface area contributed by atoms with Crippen LogP contribution in [0.25, 0.3) is 0 Å². The van der Waals surface area contributed by atoms with Crippen molar-refractivity contribution >= 4 is 17.6 Å². The molecule has 1 aromatic rings. The Morgan fingerprint density at radius 3 is 2.62 bits per heavy atom. The molecule has 3 amide bonds. The van der Waals surface area contributed by atoms with Gasteiger partial charge in [-0.15, -0.1) is 0 Å². The number of hydrogen-bond donors (Lipinski definition) is 1. The van der Waals surface area contributed by atoms with Crippen LogP contribution in [0.15, 0.2) is 24.3 Å². The number of aliphatic hydroxyl groups excluding tert-OH is 1. The van der Waals surface area contributed by atoms with E-state index in [-0.39, 0.29) is 24.6 Å². The van der Waals surface area contributed by atoms with E-state index in [4.69, 9.17) is 4.74 Å². The molecule has 3 rings (SSSR count). The molecule has 2 aliphatic heterocycles. The Morgan fingerprint density at radius 1 is 1.21 bits per heavy atom. The van der Waals surface area contributed by atoms with Gasteiger partial charge < -0.3 is 19.6 Å². The third-order valence-electron chi connectivity index (χ3n) is 4.61. The summed E-state index contributed by atoms with van der Waals surface area (Å²) in [4.78, 5) is 30.0. The van der Waals surface area contributed by atoms with E-state index >= 15 is 0 Å². The number of para-hydroxylation sites is 2. The van der Waals surface area contributed by atoms with E-state index < -0.39 is 0 Å². The van der Waals surface area contributed by atoms with Crippen LogP contribution in [0.4, 0.5) is 10.5 Å². The molecule has 0 unspecified atom stereocenters. The summed E-state index contributed by atoms with van der Waals surface area (Å²) in [6, 6.07) is 7.20. The molecule has 0 radical (unpaired) electrons. The van der Waals surface area contributed by atoms with Gasteiger partial charge in [0, 0.05) is 26.2 Å². The van der Waals surface area contributed by atoms with Gasteiger partial charge >= 0.3 is 6.03 Å². The second kappa shape index (κ2) is 7.09. The maximum absolute atomic E-state index is 12.6. The highest BCUT2D eigenvalue weighted by atomic mass is 16.5. The third-order valence-corrected chi connectivity index (χ3v) is 4.61. The van der Waals surface area contributed by atoms with E-state index in [0.717, 1.165) is 5.69 Å². The lowest BCUT2D eigenvalue weighted by atomic mass is 10.1. The first-order chi connectivity index (χ1) is 11.6. The number of nitrogens with zero attached hydrogens (tertiary/aromatic N) is 3. The van der Waals surface area contributed by atoms with Gasteiger partial charge in [0.15, 0.2) is 0 Å². The van der Waals surface area contributed by atoms with Crippen molar-refractivity contribution in [1.29, 1.82) is 0 Å². The van der Waals surface area contributed by atoms with Crippen LogP contribution in [0.2, 0.25) is 0 Å². The minimum atomic E-state index is -0.316. The van der Waals surface area contributed by atoms with E-state index in [1.165, 1.54) is 0 Å². The van der Waals surface area contributed by atoms with Gasteiger partial charge in [-0.2, -0.15) is 0 Å². The zero-order chi connectivity index (χ0) is 17.1. The van der Waals surface area contributed by atoms with Crippen molar-refractivity contribution in [3.63, 3.8) is 0 Å². The molecule has 130 valence electrons. The Morgan fingerprint density at radius 2 is 1.92 bits per heavy atom. The van der Waals surface area contributed by atoms with Gasteiger partial charge in [0.05, 0.1) is 18.9 Å². The molecule has 2 fully saturated rings. The normalized spacial score (nSPS) is 19.1. The minimum Gasteiger partial charge on any atom is -0.495 e. The molecule has 2 saturated heterocycles. The maximum atomic E-state index is 12.6. The summed E-state index contributed by atoms with van der Waals surface area (Å²) in [7, 11) is 1.57. The Labute approximate surface area is 141 Å². The van der Waals surface area contributed by atoms with Gasteiger partial charge in [0.2, 0.25) is 5.91 Å². The number of anilines is 1. The van der Waals surface area contributed by atoms with Crippen LogP contribution < -0.4 is 9.64 Å². The average Bonchev–Trinajstić information content (AvgIpc) is 2.96. The van der Waals surface area contributed by atoms with E-state index in [0.29, 0.717) is 44.8 Å². The standard InChI is InChI=1S/C17H23N3O4/c1-24-15-5-3-2-4-14(15)20-11-10-19(17(20)23)12-16(22)18-8-6-13(21)7-9-18/h2-5,13,21H,6-12H2,1H3. The number of benzene rings is 1. The molecule has 7 heteroatoms. The highest BCUT2D eigenvalue weighted by Crippen LogP contribution is 2.30. The lowest BCUT2D eigenvalue weighted by Crippen LogP contribution is -2.46. The number of ether oxygens (including phenoxy) is 1.